The average Bonchev–Trinajstić information content (AvgIpc) is 2.45. The van der Waals surface area contributed by atoms with Crippen molar-refractivity contribution in [3.8, 4) is 0 Å². The number of hydrogen-bond acceptors (Lipinski definition) is 2. The first kappa shape index (κ1) is 18.6. The minimum Gasteiger partial charge on any atom is -0.444 e. The van der Waals surface area contributed by atoms with Gasteiger partial charge in [-0.2, -0.15) is 13.2 Å². The molecule has 1 aromatic rings. The summed E-state index contributed by atoms with van der Waals surface area (Å²) in [6.07, 6.45) is -5.12. The quantitative estimate of drug-likeness (QED) is 0.709. The van der Waals surface area contributed by atoms with Crippen molar-refractivity contribution in [2.75, 3.05) is 6.54 Å². The molecule has 0 spiro atoms. The van der Waals surface area contributed by atoms with Gasteiger partial charge in [0.25, 0.3) is 0 Å². The van der Waals surface area contributed by atoms with Crippen LogP contribution in [0.15, 0.2) is 30.3 Å². The molecule has 2 rings (SSSR count). The Bertz CT molecular complexity index is 580. The summed E-state index contributed by atoms with van der Waals surface area (Å²) in [5.74, 6) is -1.43. The summed E-state index contributed by atoms with van der Waals surface area (Å²) in [5.41, 5.74) is -1.07. The molecular weight excluding hydrogens is 319 g/mol. The summed E-state index contributed by atoms with van der Waals surface area (Å²) in [5, 5.41) is 0. The fourth-order valence-electron chi connectivity index (χ4n) is 3.18. The van der Waals surface area contributed by atoms with Crippen LogP contribution in [0.25, 0.3) is 0 Å². The lowest BCUT2D eigenvalue weighted by atomic mass is 9.77. The molecule has 0 bridgehead atoms. The molecule has 1 amide bonds. The van der Waals surface area contributed by atoms with Crippen LogP contribution in [0.2, 0.25) is 0 Å². The van der Waals surface area contributed by atoms with Gasteiger partial charge in [-0.1, -0.05) is 30.3 Å². The molecule has 0 N–H and O–H groups in total. The maximum atomic E-state index is 13.3. The molecule has 3 nitrogen and oxygen atoms in total. The molecule has 0 aliphatic carbocycles. The van der Waals surface area contributed by atoms with Crippen LogP contribution in [0.4, 0.5) is 18.0 Å². The number of piperidine rings is 1. The summed E-state index contributed by atoms with van der Waals surface area (Å²) in [7, 11) is 0. The maximum absolute atomic E-state index is 13.3. The maximum Gasteiger partial charge on any atom is 0.411 e. The third kappa shape index (κ3) is 4.02. The second-order valence-electron chi connectivity index (χ2n) is 7.50. The van der Waals surface area contributed by atoms with E-state index in [1.807, 2.05) is 0 Å². The molecule has 0 aromatic heterocycles. The SMILES string of the molecule is CC(C)(C)OC(=O)N1CCC(C(F)(F)F)CC1(C)c1ccccc1. The van der Waals surface area contributed by atoms with Crippen molar-refractivity contribution in [1.82, 2.24) is 4.90 Å². The zero-order valence-corrected chi connectivity index (χ0v) is 14.5. The number of rotatable bonds is 1. The standard InChI is InChI=1S/C18H24F3NO2/c1-16(2,3)24-15(23)22-11-10-14(18(19,20)21)12-17(22,4)13-8-6-5-7-9-13/h5-9,14H,10-12H2,1-4H3. The fraction of sp³-hybridized carbons (Fsp3) is 0.611. The summed E-state index contributed by atoms with van der Waals surface area (Å²) >= 11 is 0. The topological polar surface area (TPSA) is 29.5 Å². The van der Waals surface area contributed by atoms with E-state index in [1.54, 1.807) is 58.0 Å². The number of benzene rings is 1. The van der Waals surface area contributed by atoms with Crippen LogP contribution < -0.4 is 0 Å². The van der Waals surface area contributed by atoms with Crippen molar-refractivity contribution in [2.45, 2.75) is 57.9 Å². The molecule has 6 heteroatoms. The van der Waals surface area contributed by atoms with E-state index in [0.717, 1.165) is 0 Å². The number of ether oxygens (including phenoxy) is 1. The predicted octanol–water partition coefficient (Wildman–Crippen LogP) is 5.11. The number of amides is 1. The molecule has 2 unspecified atom stereocenters. The summed E-state index contributed by atoms with van der Waals surface area (Å²) in [6.45, 7) is 6.93. The van der Waals surface area contributed by atoms with Gasteiger partial charge >= 0.3 is 12.3 Å². The third-order valence-corrected chi connectivity index (χ3v) is 4.41. The number of alkyl halides is 3. The molecule has 1 fully saturated rings. The van der Waals surface area contributed by atoms with Gasteiger partial charge < -0.3 is 4.74 Å². The van der Waals surface area contributed by atoms with E-state index in [4.69, 9.17) is 4.74 Å². The van der Waals surface area contributed by atoms with Crippen LogP contribution in [0.5, 0.6) is 0 Å². The average molecular weight is 343 g/mol. The smallest absolute Gasteiger partial charge is 0.411 e. The Morgan fingerprint density at radius 2 is 1.79 bits per heavy atom. The van der Waals surface area contributed by atoms with Gasteiger partial charge in [-0.05, 0) is 46.1 Å². The van der Waals surface area contributed by atoms with E-state index < -0.39 is 29.3 Å². The largest absolute Gasteiger partial charge is 0.444 e. The second kappa shape index (κ2) is 6.30. The Balaban J connectivity index is 2.37. The highest BCUT2D eigenvalue weighted by Crippen LogP contribution is 2.46. The Kier molecular flexibility index (Phi) is 4.88. The molecule has 0 saturated carbocycles. The fourth-order valence-corrected chi connectivity index (χ4v) is 3.18. The molecule has 1 saturated heterocycles. The summed E-state index contributed by atoms with van der Waals surface area (Å²) in [6, 6.07) is 8.86. The molecule has 134 valence electrons. The van der Waals surface area contributed by atoms with Gasteiger partial charge in [0.15, 0.2) is 0 Å². The molecule has 1 aromatic carbocycles. The molecule has 1 aliphatic heterocycles. The van der Waals surface area contributed by atoms with E-state index in [-0.39, 0.29) is 19.4 Å². The first-order valence-corrected chi connectivity index (χ1v) is 8.06. The Morgan fingerprint density at radius 3 is 2.29 bits per heavy atom. The van der Waals surface area contributed by atoms with Gasteiger partial charge in [0.2, 0.25) is 0 Å². The number of halogens is 3. The normalized spacial score (nSPS) is 25.5. The van der Waals surface area contributed by atoms with Gasteiger partial charge in [0, 0.05) is 6.54 Å². The van der Waals surface area contributed by atoms with Gasteiger partial charge in [-0.25, -0.2) is 4.79 Å². The lowest BCUT2D eigenvalue weighted by Crippen LogP contribution is -2.55. The number of carbonyl (C=O) groups is 1. The van der Waals surface area contributed by atoms with Crippen molar-refractivity contribution < 1.29 is 22.7 Å². The van der Waals surface area contributed by atoms with Crippen LogP contribution in [0.1, 0.15) is 46.1 Å². The molecule has 2 atom stereocenters. The zero-order valence-electron chi connectivity index (χ0n) is 14.5. The molecular formula is C18H24F3NO2. The zero-order chi connectivity index (χ0) is 18.2. The van der Waals surface area contributed by atoms with E-state index >= 15 is 0 Å². The van der Waals surface area contributed by atoms with Crippen LogP contribution in [0, 0.1) is 5.92 Å². The number of likely N-dealkylation sites (tertiary alicyclic amines) is 1. The highest BCUT2D eigenvalue weighted by Gasteiger charge is 2.51. The molecule has 0 radical (unpaired) electrons. The van der Waals surface area contributed by atoms with E-state index in [1.165, 1.54) is 4.90 Å². The monoisotopic (exact) mass is 343 g/mol. The van der Waals surface area contributed by atoms with Crippen LogP contribution in [-0.2, 0) is 10.3 Å². The summed E-state index contributed by atoms with van der Waals surface area (Å²) in [4.78, 5) is 14.0. The van der Waals surface area contributed by atoms with Gasteiger partial charge in [-0.3, -0.25) is 4.90 Å². The van der Waals surface area contributed by atoms with Crippen LogP contribution in [0.3, 0.4) is 0 Å². The second-order valence-corrected chi connectivity index (χ2v) is 7.50. The highest BCUT2D eigenvalue weighted by molar-refractivity contribution is 5.70. The first-order valence-electron chi connectivity index (χ1n) is 8.06. The lowest BCUT2D eigenvalue weighted by Gasteiger charge is -2.48. The van der Waals surface area contributed by atoms with Crippen LogP contribution in [-0.4, -0.2) is 29.3 Å². The Morgan fingerprint density at radius 1 is 1.21 bits per heavy atom. The Labute approximate surface area is 140 Å². The lowest BCUT2D eigenvalue weighted by molar-refractivity contribution is -0.196. The number of hydrogen-bond donors (Lipinski definition) is 0. The van der Waals surface area contributed by atoms with Crippen molar-refractivity contribution in [2.24, 2.45) is 5.92 Å². The number of nitrogens with zero attached hydrogens (tertiary/aromatic N) is 1. The molecule has 1 heterocycles. The molecule has 24 heavy (non-hydrogen) atoms. The predicted molar refractivity (Wildman–Crippen MR) is 85.5 cm³/mol. The van der Waals surface area contributed by atoms with Gasteiger partial charge in [0.1, 0.15) is 5.60 Å². The number of carbonyl (C=O) groups excluding carboxylic acids is 1. The van der Waals surface area contributed by atoms with Crippen molar-refractivity contribution in [3.63, 3.8) is 0 Å². The highest BCUT2D eigenvalue weighted by atomic mass is 19.4. The van der Waals surface area contributed by atoms with Crippen molar-refractivity contribution >= 4 is 6.09 Å². The minimum atomic E-state index is -4.27. The van der Waals surface area contributed by atoms with E-state index in [2.05, 4.69) is 0 Å². The first-order chi connectivity index (χ1) is 10.9. The van der Waals surface area contributed by atoms with Crippen LogP contribution >= 0.6 is 0 Å². The van der Waals surface area contributed by atoms with E-state index in [0.29, 0.717) is 5.56 Å². The van der Waals surface area contributed by atoms with Crippen molar-refractivity contribution in [1.29, 1.82) is 0 Å². The van der Waals surface area contributed by atoms with E-state index in [9.17, 15) is 18.0 Å². The van der Waals surface area contributed by atoms with Gasteiger partial charge in [-0.15, -0.1) is 0 Å². The molecule has 1 aliphatic rings. The minimum absolute atomic E-state index is 0.0183. The van der Waals surface area contributed by atoms with Gasteiger partial charge in [0.05, 0.1) is 11.5 Å². The summed E-state index contributed by atoms with van der Waals surface area (Å²) < 4.78 is 45.2. The third-order valence-electron chi connectivity index (χ3n) is 4.41. The van der Waals surface area contributed by atoms with Crippen molar-refractivity contribution in [3.05, 3.63) is 35.9 Å². The Hall–Kier alpha value is -1.72.